The summed E-state index contributed by atoms with van der Waals surface area (Å²) < 4.78 is 0. The fourth-order valence-electron chi connectivity index (χ4n) is 3.02. The number of hydrogen-bond acceptors (Lipinski definition) is 2. The molecule has 0 aliphatic heterocycles. The van der Waals surface area contributed by atoms with Gasteiger partial charge in [0.05, 0.1) is 10.8 Å². The third kappa shape index (κ3) is 3.45. The quantitative estimate of drug-likeness (QED) is 0.397. The minimum absolute atomic E-state index is 0.246. The third-order valence-corrected chi connectivity index (χ3v) is 5.64. The van der Waals surface area contributed by atoms with Crippen molar-refractivity contribution in [1.29, 1.82) is 0 Å². The first-order chi connectivity index (χ1) is 12.3. The molecule has 3 aromatic carbocycles. The molecule has 25 heavy (non-hydrogen) atoms. The van der Waals surface area contributed by atoms with Crippen LogP contribution in [0.25, 0.3) is 10.9 Å². The van der Waals surface area contributed by atoms with Crippen LogP contribution in [0.4, 0.5) is 0 Å². The van der Waals surface area contributed by atoms with E-state index in [1.807, 2.05) is 18.7 Å². The molecular weight excluding hydrogens is 322 g/mol. The number of para-hydroxylation sites is 1. The Bertz CT molecular complexity index is 941. The van der Waals surface area contributed by atoms with E-state index in [2.05, 4.69) is 91.0 Å². The molecule has 0 atom stereocenters. The van der Waals surface area contributed by atoms with E-state index in [0.717, 1.165) is 11.2 Å². The van der Waals surface area contributed by atoms with Crippen LogP contribution in [0.1, 0.15) is 22.1 Å². The fraction of sp³-hybridized carbons (Fsp3) is 0.0870. The van der Waals surface area contributed by atoms with Gasteiger partial charge in [0.2, 0.25) is 0 Å². The number of rotatable bonds is 4. The summed E-state index contributed by atoms with van der Waals surface area (Å²) in [7, 11) is 0. The van der Waals surface area contributed by atoms with E-state index < -0.39 is 0 Å². The van der Waals surface area contributed by atoms with E-state index >= 15 is 0 Å². The van der Waals surface area contributed by atoms with Crippen molar-refractivity contribution in [3.8, 4) is 0 Å². The molecule has 0 saturated heterocycles. The lowest BCUT2D eigenvalue weighted by atomic mass is 10.0. The van der Waals surface area contributed by atoms with Gasteiger partial charge in [0, 0.05) is 16.0 Å². The SMILES string of the molecule is Cc1ccc2cccc(SC(c3ccccc3)c3ccccc3)c2n1. The molecule has 1 nitrogen and oxygen atoms in total. The second-order valence-corrected chi connectivity index (χ2v) is 7.25. The van der Waals surface area contributed by atoms with E-state index in [1.165, 1.54) is 21.4 Å². The highest BCUT2D eigenvalue weighted by Gasteiger charge is 2.17. The molecule has 0 aliphatic carbocycles. The van der Waals surface area contributed by atoms with Gasteiger partial charge >= 0.3 is 0 Å². The van der Waals surface area contributed by atoms with E-state index in [1.54, 1.807) is 0 Å². The molecule has 1 heterocycles. The van der Waals surface area contributed by atoms with Crippen LogP contribution in [0.2, 0.25) is 0 Å². The number of aromatic nitrogens is 1. The van der Waals surface area contributed by atoms with Gasteiger partial charge in [-0.2, -0.15) is 0 Å². The summed E-state index contributed by atoms with van der Waals surface area (Å²) >= 11 is 1.87. The van der Waals surface area contributed by atoms with Crippen LogP contribution in [-0.2, 0) is 0 Å². The second kappa shape index (κ2) is 7.12. The molecule has 0 unspecified atom stereocenters. The number of fused-ring (bicyclic) bond motifs is 1. The summed E-state index contributed by atoms with van der Waals surface area (Å²) in [5, 5.41) is 1.44. The Morgan fingerprint density at radius 1 is 0.680 bits per heavy atom. The Hall–Kier alpha value is -2.58. The highest BCUT2D eigenvalue weighted by molar-refractivity contribution is 8.00. The smallest absolute Gasteiger partial charge is 0.0841 e. The first-order valence-corrected chi connectivity index (χ1v) is 9.32. The lowest BCUT2D eigenvalue weighted by Gasteiger charge is -2.18. The summed E-state index contributed by atoms with van der Waals surface area (Å²) in [6, 6.07) is 32.0. The minimum atomic E-state index is 0.246. The zero-order chi connectivity index (χ0) is 17.1. The Labute approximate surface area is 152 Å². The average Bonchev–Trinajstić information content (AvgIpc) is 2.67. The van der Waals surface area contributed by atoms with E-state index in [-0.39, 0.29) is 5.25 Å². The third-order valence-electron chi connectivity index (χ3n) is 4.27. The molecule has 4 rings (SSSR count). The lowest BCUT2D eigenvalue weighted by molar-refractivity contribution is 1.15. The molecule has 0 N–H and O–H groups in total. The van der Waals surface area contributed by atoms with E-state index in [9.17, 15) is 0 Å². The van der Waals surface area contributed by atoms with Crippen LogP contribution in [0.3, 0.4) is 0 Å². The molecule has 4 aromatic rings. The summed E-state index contributed by atoms with van der Waals surface area (Å²) in [5.41, 5.74) is 4.76. The van der Waals surface area contributed by atoms with Crippen molar-refractivity contribution >= 4 is 22.7 Å². The van der Waals surface area contributed by atoms with Crippen LogP contribution >= 0.6 is 11.8 Å². The van der Waals surface area contributed by atoms with Gasteiger partial charge in [-0.3, -0.25) is 4.98 Å². The van der Waals surface area contributed by atoms with E-state index in [0.29, 0.717) is 0 Å². The van der Waals surface area contributed by atoms with Gasteiger partial charge in [0.1, 0.15) is 0 Å². The maximum absolute atomic E-state index is 4.80. The molecule has 2 heteroatoms. The highest BCUT2D eigenvalue weighted by Crippen LogP contribution is 2.42. The normalized spacial score (nSPS) is 11.1. The molecule has 0 aliphatic rings. The largest absolute Gasteiger partial charge is 0.252 e. The summed E-state index contributed by atoms with van der Waals surface area (Å²) in [6.45, 7) is 2.05. The molecule has 0 amide bonds. The molecule has 0 saturated carbocycles. The number of aryl methyl sites for hydroxylation is 1. The summed E-state index contributed by atoms with van der Waals surface area (Å²) in [4.78, 5) is 6.02. The van der Waals surface area contributed by atoms with Crippen molar-refractivity contribution in [3.63, 3.8) is 0 Å². The zero-order valence-corrected chi connectivity index (χ0v) is 14.9. The number of hydrogen-bond donors (Lipinski definition) is 0. The maximum atomic E-state index is 4.80. The highest BCUT2D eigenvalue weighted by atomic mass is 32.2. The average molecular weight is 341 g/mol. The number of thioether (sulfide) groups is 1. The van der Waals surface area contributed by atoms with Crippen molar-refractivity contribution in [2.75, 3.05) is 0 Å². The molecule has 0 spiro atoms. The van der Waals surface area contributed by atoms with Gasteiger partial charge in [0.25, 0.3) is 0 Å². The van der Waals surface area contributed by atoms with Crippen LogP contribution in [0.15, 0.2) is 95.9 Å². The van der Waals surface area contributed by atoms with Gasteiger partial charge in [-0.05, 0) is 30.2 Å². The number of nitrogens with zero attached hydrogens (tertiary/aromatic N) is 1. The van der Waals surface area contributed by atoms with Gasteiger partial charge in [-0.25, -0.2) is 0 Å². The topological polar surface area (TPSA) is 12.9 Å². The molecular formula is C23H19NS. The van der Waals surface area contributed by atoms with Crippen molar-refractivity contribution in [3.05, 3.63) is 108 Å². The van der Waals surface area contributed by atoms with Gasteiger partial charge in [-0.1, -0.05) is 78.9 Å². The molecule has 0 fully saturated rings. The molecule has 0 radical (unpaired) electrons. The Morgan fingerprint density at radius 3 is 1.96 bits per heavy atom. The van der Waals surface area contributed by atoms with Crippen LogP contribution in [0.5, 0.6) is 0 Å². The predicted molar refractivity (Wildman–Crippen MR) is 107 cm³/mol. The van der Waals surface area contributed by atoms with E-state index in [4.69, 9.17) is 4.98 Å². The van der Waals surface area contributed by atoms with Crippen LogP contribution in [0, 0.1) is 6.92 Å². The Morgan fingerprint density at radius 2 is 1.32 bits per heavy atom. The Balaban J connectivity index is 1.81. The Kier molecular flexibility index (Phi) is 4.53. The van der Waals surface area contributed by atoms with Crippen LogP contribution in [-0.4, -0.2) is 4.98 Å². The first kappa shape index (κ1) is 15.9. The lowest BCUT2D eigenvalue weighted by Crippen LogP contribution is -1.97. The standard InChI is InChI=1S/C23H19NS/c1-17-15-16-18-13-8-14-21(22(18)24-17)25-23(19-9-4-2-5-10-19)20-11-6-3-7-12-20/h2-16,23H,1H3. The molecule has 0 bridgehead atoms. The van der Waals surface area contributed by atoms with Crippen molar-refractivity contribution in [1.82, 2.24) is 4.98 Å². The predicted octanol–water partition coefficient (Wildman–Crippen LogP) is 6.42. The first-order valence-electron chi connectivity index (χ1n) is 8.44. The second-order valence-electron chi connectivity index (χ2n) is 6.10. The number of pyridine rings is 1. The molecule has 1 aromatic heterocycles. The van der Waals surface area contributed by atoms with Crippen LogP contribution < -0.4 is 0 Å². The fourth-order valence-corrected chi connectivity index (χ4v) is 4.30. The van der Waals surface area contributed by atoms with Crippen molar-refractivity contribution in [2.24, 2.45) is 0 Å². The van der Waals surface area contributed by atoms with Gasteiger partial charge in [-0.15, -0.1) is 11.8 Å². The molecule has 122 valence electrons. The van der Waals surface area contributed by atoms with Gasteiger partial charge < -0.3 is 0 Å². The zero-order valence-electron chi connectivity index (χ0n) is 14.1. The minimum Gasteiger partial charge on any atom is -0.252 e. The van der Waals surface area contributed by atoms with Crippen molar-refractivity contribution in [2.45, 2.75) is 17.1 Å². The maximum Gasteiger partial charge on any atom is 0.0841 e. The number of benzene rings is 3. The summed E-state index contributed by atoms with van der Waals surface area (Å²) in [5.74, 6) is 0. The monoisotopic (exact) mass is 341 g/mol. The van der Waals surface area contributed by atoms with Gasteiger partial charge in [0.15, 0.2) is 0 Å². The summed E-state index contributed by atoms with van der Waals surface area (Å²) in [6.07, 6.45) is 0. The van der Waals surface area contributed by atoms with Crippen molar-refractivity contribution < 1.29 is 0 Å².